The number of hydrogen-bond donors (Lipinski definition) is 2. The standard InChI is InChI=1S/C15H19N3O6/c1-24-7-6-17(9-14(19)20)15(21)10-2-5-12(16-11-3-4-11)13(8-10)18(22)23/h2,5,8,11,16H,3-4,6-7,9H2,1H3,(H,19,20). The highest BCUT2D eigenvalue weighted by Gasteiger charge is 2.26. The molecule has 1 aromatic carbocycles. The van der Waals surface area contributed by atoms with Gasteiger partial charge in [-0.3, -0.25) is 19.7 Å². The van der Waals surface area contributed by atoms with Crippen LogP contribution in [0.15, 0.2) is 18.2 Å². The average molecular weight is 337 g/mol. The van der Waals surface area contributed by atoms with Crippen LogP contribution in [0.5, 0.6) is 0 Å². The van der Waals surface area contributed by atoms with Crippen molar-refractivity contribution in [2.75, 3.05) is 32.1 Å². The number of carbonyl (C=O) groups excluding carboxylic acids is 1. The van der Waals surface area contributed by atoms with Crippen molar-refractivity contribution < 1.29 is 24.4 Å². The number of nitro benzene ring substituents is 1. The van der Waals surface area contributed by atoms with Gasteiger partial charge in [-0.05, 0) is 25.0 Å². The summed E-state index contributed by atoms with van der Waals surface area (Å²) in [5.74, 6) is -1.75. The second kappa shape index (κ2) is 7.73. The first-order valence-electron chi connectivity index (χ1n) is 7.47. The highest BCUT2D eigenvalue weighted by atomic mass is 16.6. The summed E-state index contributed by atoms with van der Waals surface area (Å²) in [5.41, 5.74) is 0.232. The molecule has 2 rings (SSSR count). The van der Waals surface area contributed by atoms with Crippen molar-refractivity contribution in [3.8, 4) is 0 Å². The van der Waals surface area contributed by atoms with Crippen LogP contribution in [0, 0.1) is 10.1 Å². The van der Waals surface area contributed by atoms with Gasteiger partial charge in [0, 0.05) is 31.3 Å². The van der Waals surface area contributed by atoms with Gasteiger partial charge in [-0.1, -0.05) is 0 Å². The van der Waals surface area contributed by atoms with Gasteiger partial charge in [0.1, 0.15) is 12.2 Å². The molecule has 1 aliphatic carbocycles. The van der Waals surface area contributed by atoms with Crippen LogP contribution < -0.4 is 5.32 Å². The fraction of sp³-hybridized carbons (Fsp3) is 0.467. The van der Waals surface area contributed by atoms with Crippen LogP contribution in [0.25, 0.3) is 0 Å². The van der Waals surface area contributed by atoms with Crippen molar-refractivity contribution in [1.82, 2.24) is 4.90 Å². The van der Waals surface area contributed by atoms with Crippen LogP contribution in [0.4, 0.5) is 11.4 Å². The third-order valence-electron chi connectivity index (χ3n) is 3.56. The smallest absolute Gasteiger partial charge is 0.323 e. The fourth-order valence-electron chi connectivity index (χ4n) is 2.19. The van der Waals surface area contributed by atoms with Gasteiger partial charge in [0.2, 0.25) is 0 Å². The first kappa shape index (κ1) is 17.7. The summed E-state index contributed by atoms with van der Waals surface area (Å²) in [6, 6.07) is 4.35. The van der Waals surface area contributed by atoms with E-state index >= 15 is 0 Å². The number of hydrogen-bond acceptors (Lipinski definition) is 6. The molecule has 0 heterocycles. The number of rotatable bonds is 9. The summed E-state index contributed by atoms with van der Waals surface area (Å²) >= 11 is 0. The molecule has 0 atom stereocenters. The molecule has 1 saturated carbocycles. The van der Waals surface area contributed by atoms with E-state index in [2.05, 4.69) is 5.32 Å². The van der Waals surface area contributed by atoms with Crippen LogP contribution >= 0.6 is 0 Å². The zero-order valence-electron chi connectivity index (χ0n) is 13.2. The largest absolute Gasteiger partial charge is 0.480 e. The first-order valence-corrected chi connectivity index (χ1v) is 7.47. The van der Waals surface area contributed by atoms with Crippen molar-refractivity contribution >= 4 is 23.3 Å². The van der Waals surface area contributed by atoms with Gasteiger partial charge >= 0.3 is 5.97 Å². The number of anilines is 1. The maximum absolute atomic E-state index is 12.5. The molecule has 0 saturated heterocycles. The Kier molecular flexibility index (Phi) is 5.69. The second-order valence-corrected chi connectivity index (χ2v) is 5.52. The first-order chi connectivity index (χ1) is 11.4. The lowest BCUT2D eigenvalue weighted by Crippen LogP contribution is -2.38. The number of carbonyl (C=O) groups is 2. The molecule has 2 N–H and O–H groups in total. The zero-order chi connectivity index (χ0) is 17.7. The molecule has 1 aliphatic rings. The predicted molar refractivity (Wildman–Crippen MR) is 85.2 cm³/mol. The van der Waals surface area contributed by atoms with Crippen molar-refractivity contribution in [2.24, 2.45) is 0 Å². The molecule has 1 aromatic rings. The zero-order valence-corrected chi connectivity index (χ0v) is 13.2. The number of nitro groups is 1. The van der Waals surface area contributed by atoms with Crippen LogP contribution in [-0.2, 0) is 9.53 Å². The monoisotopic (exact) mass is 337 g/mol. The van der Waals surface area contributed by atoms with E-state index in [1.165, 1.54) is 25.3 Å². The normalized spacial score (nSPS) is 13.4. The summed E-state index contributed by atoms with van der Waals surface area (Å²) in [4.78, 5) is 35.2. The molecule has 0 spiro atoms. The van der Waals surface area contributed by atoms with Crippen molar-refractivity contribution in [2.45, 2.75) is 18.9 Å². The molecule has 24 heavy (non-hydrogen) atoms. The molecule has 1 amide bonds. The van der Waals surface area contributed by atoms with Crippen molar-refractivity contribution in [3.05, 3.63) is 33.9 Å². The van der Waals surface area contributed by atoms with E-state index in [4.69, 9.17) is 9.84 Å². The lowest BCUT2D eigenvalue weighted by molar-refractivity contribution is -0.384. The summed E-state index contributed by atoms with van der Waals surface area (Å²) in [6.45, 7) is -0.252. The lowest BCUT2D eigenvalue weighted by atomic mass is 10.1. The van der Waals surface area contributed by atoms with Crippen LogP contribution in [0.3, 0.4) is 0 Å². The lowest BCUT2D eigenvalue weighted by Gasteiger charge is -2.20. The van der Waals surface area contributed by atoms with Gasteiger partial charge in [0.25, 0.3) is 11.6 Å². The summed E-state index contributed by atoms with van der Waals surface area (Å²) in [5, 5.41) is 23.2. The number of carboxylic acid groups (broad SMARTS) is 1. The number of carboxylic acids is 1. The topological polar surface area (TPSA) is 122 Å². The Morgan fingerprint density at radius 2 is 2.17 bits per heavy atom. The summed E-state index contributed by atoms with van der Waals surface area (Å²) < 4.78 is 4.87. The number of benzene rings is 1. The molecule has 0 aliphatic heterocycles. The minimum absolute atomic E-state index is 0.0698. The van der Waals surface area contributed by atoms with Gasteiger partial charge in [0.05, 0.1) is 11.5 Å². The number of ether oxygens (including phenoxy) is 1. The molecule has 9 heteroatoms. The van der Waals surface area contributed by atoms with Gasteiger partial charge in [-0.2, -0.15) is 0 Å². The van der Waals surface area contributed by atoms with E-state index in [1.54, 1.807) is 0 Å². The molecule has 0 radical (unpaired) electrons. The Labute approximate surface area is 138 Å². The molecule has 9 nitrogen and oxygen atoms in total. The Bertz CT molecular complexity index is 644. The number of aliphatic carboxylic acids is 1. The predicted octanol–water partition coefficient (Wildman–Crippen LogP) is 1.34. The molecule has 0 aromatic heterocycles. The minimum Gasteiger partial charge on any atom is -0.480 e. The van der Waals surface area contributed by atoms with E-state index < -0.39 is 23.3 Å². The third-order valence-corrected chi connectivity index (χ3v) is 3.56. The highest BCUT2D eigenvalue weighted by molar-refractivity contribution is 5.97. The fourth-order valence-corrected chi connectivity index (χ4v) is 2.19. The molecule has 130 valence electrons. The van der Waals surface area contributed by atoms with Crippen LogP contribution in [0.1, 0.15) is 23.2 Å². The molecule has 1 fully saturated rings. The van der Waals surface area contributed by atoms with E-state index in [0.717, 1.165) is 17.7 Å². The SMILES string of the molecule is COCCN(CC(=O)O)C(=O)c1ccc(NC2CC2)c([N+](=O)[O-])c1. The Morgan fingerprint density at radius 3 is 2.71 bits per heavy atom. The van der Waals surface area contributed by atoms with Gasteiger partial charge < -0.3 is 20.1 Å². The van der Waals surface area contributed by atoms with Gasteiger partial charge in [-0.25, -0.2) is 0 Å². The van der Waals surface area contributed by atoms with E-state index in [1.807, 2.05) is 0 Å². The number of nitrogens with zero attached hydrogens (tertiary/aromatic N) is 2. The summed E-state index contributed by atoms with van der Waals surface area (Å²) in [7, 11) is 1.44. The molecule has 0 bridgehead atoms. The number of amides is 1. The van der Waals surface area contributed by atoms with Gasteiger partial charge in [-0.15, -0.1) is 0 Å². The van der Waals surface area contributed by atoms with Crippen molar-refractivity contribution in [3.63, 3.8) is 0 Å². The maximum Gasteiger partial charge on any atom is 0.323 e. The van der Waals surface area contributed by atoms with Crippen LogP contribution in [0.2, 0.25) is 0 Å². The average Bonchev–Trinajstić information content (AvgIpc) is 3.34. The maximum atomic E-state index is 12.5. The molecule has 0 unspecified atom stereocenters. The quantitative estimate of drug-likeness (QED) is 0.515. The second-order valence-electron chi connectivity index (χ2n) is 5.52. The number of nitrogens with one attached hydrogen (secondary N) is 1. The highest BCUT2D eigenvalue weighted by Crippen LogP contribution is 2.31. The molecular formula is C15H19N3O6. The van der Waals surface area contributed by atoms with E-state index in [-0.39, 0.29) is 30.4 Å². The summed E-state index contributed by atoms with van der Waals surface area (Å²) in [6.07, 6.45) is 1.92. The number of methoxy groups -OCH3 is 1. The molecular weight excluding hydrogens is 318 g/mol. The Hall–Kier alpha value is -2.68. The van der Waals surface area contributed by atoms with Crippen molar-refractivity contribution in [1.29, 1.82) is 0 Å². The van der Waals surface area contributed by atoms with Gasteiger partial charge in [0.15, 0.2) is 0 Å². The minimum atomic E-state index is -1.17. The Morgan fingerprint density at radius 1 is 1.46 bits per heavy atom. The third kappa shape index (κ3) is 4.66. The van der Waals surface area contributed by atoms with E-state index in [0.29, 0.717) is 5.69 Å². The Balaban J connectivity index is 2.23. The van der Waals surface area contributed by atoms with Crippen LogP contribution in [-0.4, -0.2) is 59.7 Å². The van der Waals surface area contributed by atoms with E-state index in [9.17, 15) is 19.7 Å².